The van der Waals surface area contributed by atoms with Crippen molar-refractivity contribution in [2.45, 2.75) is 25.4 Å². The Kier molecular flexibility index (Phi) is 2.87. The molecule has 0 bridgehead atoms. The van der Waals surface area contributed by atoms with Gasteiger partial charge in [0.15, 0.2) is 0 Å². The average Bonchev–Trinajstić information content (AvgIpc) is 3.00. The number of hydrogen-bond acceptors (Lipinski definition) is 2. The third kappa shape index (κ3) is 2.51. The van der Waals surface area contributed by atoms with Crippen molar-refractivity contribution < 1.29 is 0 Å². The highest BCUT2D eigenvalue weighted by Gasteiger charge is 2.20. The van der Waals surface area contributed by atoms with E-state index < -0.39 is 0 Å². The lowest BCUT2D eigenvalue weighted by Gasteiger charge is -2.10. The van der Waals surface area contributed by atoms with Crippen molar-refractivity contribution in [3.05, 3.63) is 47.2 Å². The molecule has 0 spiro atoms. The molecule has 1 aromatic heterocycles. The van der Waals surface area contributed by atoms with Gasteiger partial charge in [-0.2, -0.15) is 5.10 Å². The lowest BCUT2D eigenvalue weighted by molar-refractivity contribution is 0.681. The Morgan fingerprint density at radius 1 is 1.41 bits per heavy atom. The van der Waals surface area contributed by atoms with Gasteiger partial charge in [0.05, 0.1) is 5.69 Å². The number of nitrogens with zero attached hydrogens (tertiary/aromatic N) is 2. The average molecular weight is 248 g/mol. The highest BCUT2D eigenvalue weighted by molar-refractivity contribution is 6.30. The molecule has 1 aromatic carbocycles. The SMILES string of the molecule is Clc1ccc(CNC2CC2)c(-n2cccn2)c1. The Morgan fingerprint density at radius 2 is 2.29 bits per heavy atom. The van der Waals surface area contributed by atoms with E-state index in [1.165, 1.54) is 18.4 Å². The first-order chi connectivity index (χ1) is 8.33. The zero-order valence-corrected chi connectivity index (χ0v) is 10.2. The second-order valence-corrected chi connectivity index (χ2v) is 4.82. The summed E-state index contributed by atoms with van der Waals surface area (Å²) >= 11 is 6.05. The number of benzene rings is 1. The molecule has 88 valence electrons. The predicted octanol–water partition coefficient (Wildman–Crippen LogP) is 2.78. The van der Waals surface area contributed by atoms with Crippen LogP contribution in [0.1, 0.15) is 18.4 Å². The fourth-order valence-electron chi connectivity index (χ4n) is 1.85. The van der Waals surface area contributed by atoms with Crippen LogP contribution in [0.15, 0.2) is 36.7 Å². The van der Waals surface area contributed by atoms with Crippen LogP contribution in [0.25, 0.3) is 5.69 Å². The first kappa shape index (κ1) is 10.8. The summed E-state index contributed by atoms with van der Waals surface area (Å²) in [4.78, 5) is 0. The van der Waals surface area contributed by atoms with Gasteiger partial charge in [-0.25, -0.2) is 4.68 Å². The normalized spacial score (nSPS) is 15.1. The van der Waals surface area contributed by atoms with Gasteiger partial charge in [-0.3, -0.25) is 0 Å². The maximum Gasteiger partial charge on any atom is 0.0705 e. The molecule has 0 aliphatic heterocycles. The third-order valence-corrected chi connectivity index (χ3v) is 3.19. The van der Waals surface area contributed by atoms with Gasteiger partial charge >= 0.3 is 0 Å². The fraction of sp³-hybridized carbons (Fsp3) is 0.308. The third-order valence-electron chi connectivity index (χ3n) is 2.96. The van der Waals surface area contributed by atoms with E-state index in [0.717, 1.165) is 17.3 Å². The molecule has 3 rings (SSSR count). The van der Waals surface area contributed by atoms with Crippen molar-refractivity contribution in [1.29, 1.82) is 0 Å². The Morgan fingerprint density at radius 3 is 3.00 bits per heavy atom. The Labute approximate surface area is 105 Å². The molecule has 1 N–H and O–H groups in total. The van der Waals surface area contributed by atoms with E-state index in [2.05, 4.69) is 16.5 Å². The van der Waals surface area contributed by atoms with E-state index in [0.29, 0.717) is 6.04 Å². The quantitative estimate of drug-likeness (QED) is 0.901. The van der Waals surface area contributed by atoms with Crippen LogP contribution in [0.4, 0.5) is 0 Å². The van der Waals surface area contributed by atoms with Gasteiger partial charge in [-0.15, -0.1) is 0 Å². The standard InChI is InChI=1S/C13H14ClN3/c14-11-3-2-10(9-15-12-4-5-12)13(8-11)17-7-1-6-16-17/h1-3,6-8,12,15H,4-5,9H2. The number of nitrogens with one attached hydrogen (secondary N) is 1. The summed E-state index contributed by atoms with van der Waals surface area (Å²) in [6.45, 7) is 0.872. The van der Waals surface area contributed by atoms with Crippen molar-refractivity contribution in [1.82, 2.24) is 15.1 Å². The lowest BCUT2D eigenvalue weighted by atomic mass is 10.1. The van der Waals surface area contributed by atoms with Gasteiger partial charge < -0.3 is 5.32 Å². The number of halogens is 1. The Bertz CT molecular complexity index is 503. The maximum absolute atomic E-state index is 6.05. The first-order valence-corrected chi connectivity index (χ1v) is 6.22. The topological polar surface area (TPSA) is 29.9 Å². The van der Waals surface area contributed by atoms with E-state index in [1.807, 2.05) is 29.1 Å². The Hall–Kier alpha value is -1.32. The maximum atomic E-state index is 6.05. The summed E-state index contributed by atoms with van der Waals surface area (Å²) in [5.41, 5.74) is 2.28. The van der Waals surface area contributed by atoms with Crippen LogP contribution in [0.3, 0.4) is 0 Å². The highest BCUT2D eigenvalue weighted by Crippen LogP contribution is 2.22. The van der Waals surface area contributed by atoms with E-state index in [-0.39, 0.29) is 0 Å². The molecule has 3 nitrogen and oxygen atoms in total. The summed E-state index contributed by atoms with van der Waals surface area (Å²) in [5.74, 6) is 0. The molecule has 0 atom stereocenters. The van der Waals surface area contributed by atoms with Crippen LogP contribution >= 0.6 is 11.6 Å². The molecule has 2 aromatic rings. The van der Waals surface area contributed by atoms with Crippen LogP contribution in [0, 0.1) is 0 Å². The number of aromatic nitrogens is 2. The molecule has 0 radical (unpaired) electrons. The predicted molar refractivity (Wildman–Crippen MR) is 68.4 cm³/mol. The van der Waals surface area contributed by atoms with Crippen LogP contribution in [-0.4, -0.2) is 15.8 Å². The summed E-state index contributed by atoms with van der Waals surface area (Å²) in [6, 6.07) is 8.57. The molecule has 17 heavy (non-hydrogen) atoms. The van der Waals surface area contributed by atoms with Crippen molar-refractivity contribution >= 4 is 11.6 Å². The lowest BCUT2D eigenvalue weighted by Crippen LogP contribution is -2.17. The van der Waals surface area contributed by atoms with Gasteiger partial charge in [0.2, 0.25) is 0 Å². The molecule has 0 amide bonds. The molecular formula is C13H14ClN3. The van der Waals surface area contributed by atoms with Crippen molar-refractivity contribution in [2.24, 2.45) is 0 Å². The van der Waals surface area contributed by atoms with Gasteiger partial charge in [-0.05, 0) is 36.6 Å². The fourth-order valence-corrected chi connectivity index (χ4v) is 2.02. The van der Waals surface area contributed by atoms with E-state index in [1.54, 1.807) is 6.20 Å². The van der Waals surface area contributed by atoms with Gasteiger partial charge in [0.1, 0.15) is 0 Å². The molecule has 4 heteroatoms. The molecule has 1 fully saturated rings. The van der Waals surface area contributed by atoms with Crippen LogP contribution in [0.5, 0.6) is 0 Å². The van der Waals surface area contributed by atoms with E-state index in [9.17, 15) is 0 Å². The van der Waals surface area contributed by atoms with Crippen molar-refractivity contribution in [3.63, 3.8) is 0 Å². The number of hydrogen-bond donors (Lipinski definition) is 1. The smallest absolute Gasteiger partial charge is 0.0705 e. The molecule has 0 unspecified atom stereocenters. The molecule has 1 heterocycles. The minimum atomic E-state index is 0.705. The zero-order valence-electron chi connectivity index (χ0n) is 9.44. The molecular weight excluding hydrogens is 234 g/mol. The molecule has 1 aliphatic rings. The first-order valence-electron chi connectivity index (χ1n) is 5.85. The Balaban J connectivity index is 1.89. The van der Waals surface area contributed by atoms with Gasteiger partial charge in [0, 0.05) is 30.0 Å². The van der Waals surface area contributed by atoms with Crippen LogP contribution < -0.4 is 5.32 Å². The monoisotopic (exact) mass is 247 g/mol. The van der Waals surface area contributed by atoms with Gasteiger partial charge in [-0.1, -0.05) is 17.7 Å². The minimum absolute atomic E-state index is 0.705. The summed E-state index contributed by atoms with van der Waals surface area (Å²) in [6.07, 6.45) is 6.31. The summed E-state index contributed by atoms with van der Waals surface area (Å²) in [5, 5.41) is 8.51. The van der Waals surface area contributed by atoms with Crippen LogP contribution in [0.2, 0.25) is 5.02 Å². The van der Waals surface area contributed by atoms with E-state index in [4.69, 9.17) is 11.6 Å². The largest absolute Gasteiger partial charge is 0.310 e. The van der Waals surface area contributed by atoms with Crippen molar-refractivity contribution in [2.75, 3.05) is 0 Å². The highest BCUT2D eigenvalue weighted by atomic mass is 35.5. The summed E-state index contributed by atoms with van der Waals surface area (Å²) < 4.78 is 1.86. The van der Waals surface area contributed by atoms with Gasteiger partial charge in [0.25, 0.3) is 0 Å². The summed E-state index contributed by atoms with van der Waals surface area (Å²) in [7, 11) is 0. The number of rotatable bonds is 4. The molecule has 1 aliphatic carbocycles. The van der Waals surface area contributed by atoms with E-state index >= 15 is 0 Å². The second-order valence-electron chi connectivity index (χ2n) is 4.38. The molecule has 1 saturated carbocycles. The van der Waals surface area contributed by atoms with Crippen molar-refractivity contribution in [3.8, 4) is 5.69 Å². The minimum Gasteiger partial charge on any atom is -0.310 e. The molecule has 0 saturated heterocycles. The zero-order chi connectivity index (χ0) is 11.7. The van der Waals surface area contributed by atoms with Crippen LogP contribution in [-0.2, 0) is 6.54 Å². The second kappa shape index (κ2) is 4.51.